The lowest BCUT2D eigenvalue weighted by Gasteiger charge is -2.25. The van der Waals surface area contributed by atoms with Gasteiger partial charge >= 0.3 is 6.18 Å². The van der Waals surface area contributed by atoms with Crippen molar-refractivity contribution in [3.8, 4) is 5.75 Å². The third-order valence-corrected chi connectivity index (χ3v) is 3.61. The number of hydrogen-bond donors (Lipinski definition) is 1. The number of benzene rings is 1. The minimum Gasteiger partial charge on any atom is -0.496 e. The quantitative estimate of drug-likeness (QED) is 0.912. The first-order valence-corrected chi connectivity index (χ1v) is 6.46. The molecule has 0 amide bonds. The molecule has 19 heavy (non-hydrogen) atoms. The zero-order chi connectivity index (χ0) is 13.9. The maximum atomic E-state index is 13.1. The molecule has 1 fully saturated rings. The molecular formula is C14H18F3NO. The van der Waals surface area contributed by atoms with E-state index in [4.69, 9.17) is 4.74 Å². The fourth-order valence-electron chi connectivity index (χ4n) is 2.61. The highest BCUT2D eigenvalue weighted by Crippen LogP contribution is 2.38. The van der Waals surface area contributed by atoms with Gasteiger partial charge in [-0.2, -0.15) is 13.2 Å². The smallest absolute Gasteiger partial charge is 0.416 e. The lowest BCUT2D eigenvalue weighted by atomic mass is 9.88. The minimum atomic E-state index is -4.32. The van der Waals surface area contributed by atoms with Crippen LogP contribution in [-0.2, 0) is 12.6 Å². The van der Waals surface area contributed by atoms with E-state index < -0.39 is 11.7 Å². The molecule has 1 saturated heterocycles. The van der Waals surface area contributed by atoms with Crippen LogP contribution in [0.1, 0.15) is 24.0 Å². The van der Waals surface area contributed by atoms with Crippen LogP contribution in [0.5, 0.6) is 5.75 Å². The summed E-state index contributed by atoms with van der Waals surface area (Å²) in [6.45, 7) is 1.75. The first kappa shape index (κ1) is 14.2. The van der Waals surface area contributed by atoms with Gasteiger partial charge < -0.3 is 10.1 Å². The summed E-state index contributed by atoms with van der Waals surface area (Å²) in [5, 5.41) is 3.22. The lowest BCUT2D eigenvalue weighted by Crippen LogP contribution is -2.29. The molecule has 0 bridgehead atoms. The van der Waals surface area contributed by atoms with Crippen molar-refractivity contribution < 1.29 is 17.9 Å². The van der Waals surface area contributed by atoms with Gasteiger partial charge in [0.25, 0.3) is 0 Å². The molecule has 0 spiro atoms. The Morgan fingerprint density at radius 1 is 1.26 bits per heavy atom. The van der Waals surface area contributed by atoms with Gasteiger partial charge in [0.2, 0.25) is 0 Å². The maximum Gasteiger partial charge on any atom is 0.416 e. The van der Waals surface area contributed by atoms with Gasteiger partial charge in [0.15, 0.2) is 0 Å². The third-order valence-electron chi connectivity index (χ3n) is 3.61. The van der Waals surface area contributed by atoms with E-state index in [1.54, 1.807) is 6.07 Å². The number of alkyl halides is 3. The topological polar surface area (TPSA) is 21.3 Å². The van der Waals surface area contributed by atoms with Crippen molar-refractivity contribution in [1.82, 2.24) is 5.32 Å². The third kappa shape index (κ3) is 3.41. The van der Waals surface area contributed by atoms with E-state index in [0.29, 0.717) is 23.7 Å². The molecule has 0 saturated carbocycles. The fourth-order valence-corrected chi connectivity index (χ4v) is 2.61. The molecular weight excluding hydrogens is 255 g/mol. The Balaban J connectivity index is 2.29. The Hall–Kier alpha value is -1.23. The molecule has 2 rings (SSSR count). The zero-order valence-corrected chi connectivity index (χ0v) is 10.9. The van der Waals surface area contributed by atoms with Crippen LogP contribution >= 0.6 is 0 Å². The molecule has 2 nitrogen and oxygen atoms in total. The summed E-state index contributed by atoms with van der Waals surface area (Å²) in [6.07, 6.45) is -2.07. The van der Waals surface area contributed by atoms with Crippen molar-refractivity contribution in [2.45, 2.75) is 25.4 Å². The molecule has 1 heterocycles. The number of halogens is 3. The molecule has 0 unspecified atom stereocenters. The summed E-state index contributed by atoms with van der Waals surface area (Å²) >= 11 is 0. The highest BCUT2D eigenvalue weighted by Gasteiger charge is 2.35. The van der Waals surface area contributed by atoms with Gasteiger partial charge in [-0.3, -0.25) is 0 Å². The number of piperidine rings is 1. The normalized spacial score (nSPS) is 17.5. The van der Waals surface area contributed by atoms with Gasteiger partial charge in [-0.05, 0) is 50.4 Å². The average molecular weight is 273 g/mol. The Morgan fingerprint density at radius 3 is 2.53 bits per heavy atom. The predicted octanol–water partition coefficient (Wildman–Crippen LogP) is 3.26. The Morgan fingerprint density at radius 2 is 1.95 bits per heavy atom. The highest BCUT2D eigenvalue weighted by molar-refractivity contribution is 5.42. The predicted molar refractivity (Wildman–Crippen MR) is 67.3 cm³/mol. The molecule has 1 aromatic carbocycles. The number of rotatable bonds is 3. The van der Waals surface area contributed by atoms with Gasteiger partial charge in [-0.1, -0.05) is 6.07 Å². The molecule has 0 radical (unpaired) electrons. The van der Waals surface area contributed by atoms with E-state index in [2.05, 4.69) is 5.32 Å². The Bertz CT molecular complexity index is 425. The van der Waals surface area contributed by atoms with E-state index in [9.17, 15) is 13.2 Å². The van der Waals surface area contributed by atoms with Gasteiger partial charge in [0, 0.05) is 5.56 Å². The van der Waals surface area contributed by atoms with Crippen molar-refractivity contribution >= 4 is 0 Å². The van der Waals surface area contributed by atoms with Crippen molar-refractivity contribution in [2.24, 2.45) is 5.92 Å². The SMILES string of the molecule is COc1cccc(C(F)(F)F)c1CC1CCNCC1. The zero-order valence-electron chi connectivity index (χ0n) is 10.9. The molecule has 1 aliphatic heterocycles. The Labute approximate surface area is 111 Å². The molecule has 1 N–H and O–H groups in total. The summed E-state index contributed by atoms with van der Waals surface area (Å²) in [5.74, 6) is 0.631. The standard InChI is InChI=1S/C14H18F3NO/c1-19-13-4-2-3-12(14(15,16)17)11(13)9-10-5-7-18-8-6-10/h2-4,10,18H,5-9H2,1H3. The molecule has 5 heteroatoms. The molecule has 1 aliphatic rings. The molecule has 0 aliphatic carbocycles. The second kappa shape index (κ2) is 5.82. The molecule has 1 aromatic rings. The van der Waals surface area contributed by atoms with Crippen molar-refractivity contribution in [3.05, 3.63) is 29.3 Å². The van der Waals surface area contributed by atoms with Crippen LogP contribution in [0.25, 0.3) is 0 Å². The molecule has 0 atom stereocenters. The van der Waals surface area contributed by atoms with Gasteiger partial charge in [0.1, 0.15) is 5.75 Å². The van der Waals surface area contributed by atoms with Crippen LogP contribution < -0.4 is 10.1 Å². The summed E-state index contributed by atoms with van der Waals surface area (Å²) < 4.78 is 44.3. The number of nitrogens with one attached hydrogen (secondary N) is 1. The highest BCUT2D eigenvalue weighted by atomic mass is 19.4. The van der Waals surface area contributed by atoms with Crippen molar-refractivity contribution in [3.63, 3.8) is 0 Å². The van der Waals surface area contributed by atoms with Gasteiger partial charge in [-0.25, -0.2) is 0 Å². The number of hydrogen-bond acceptors (Lipinski definition) is 2. The number of ether oxygens (including phenoxy) is 1. The van der Waals surface area contributed by atoms with E-state index in [1.807, 2.05) is 0 Å². The van der Waals surface area contributed by atoms with Crippen LogP contribution in [0.15, 0.2) is 18.2 Å². The summed E-state index contributed by atoms with van der Waals surface area (Å²) in [6, 6.07) is 4.14. The van der Waals surface area contributed by atoms with Gasteiger partial charge in [0.05, 0.1) is 12.7 Å². The van der Waals surface area contributed by atoms with E-state index >= 15 is 0 Å². The lowest BCUT2D eigenvalue weighted by molar-refractivity contribution is -0.138. The summed E-state index contributed by atoms with van der Waals surface area (Å²) in [5.41, 5.74) is -0.269. The second-order valence-electron chi connectivity index (χ2n) is 4.88. The largest absolute Gasteiger partial charge is 0.496 e. The van der Waals surface area contributed by atoms with Crippen LogP contribution in [0, 0.1) is 5.92 Å². The van der Waals surface area contributed by atoms with Crippen molar-refractivity contribution in [1.29, 1.82) is 0 Å². The minimum absolute atomic E-state index is 0.290. The summed E-state index contributed by atoms with van der Waals surface area (Å²) in [4.78, 5) is 0. The van der Waals surface area contributed by atoms with Crippen LogP contribution in [0.4, 0.5) is 13.2 Å². The average Bonchev–Trinajstić information content (AvgIpc) is 2.39. The molecule has 0 aromatic heterocycles. The van der Waals surface area contributed by atoms with Gasteiger partial charge in [-0.15, -0.1) is 0 Å². The number of methoxy groups -OCH3 is 1. The monoisotopic (exact) mass is 273 g/mol. The van der Waals surface area contributed by atoms with Crippen LogP contribution in [-0.4, -0.2) is 20.2 Å². The molecule has 106 valence electrons. The second-order valence-corrected chi connectivity index (χ2v) is 4.88. The fraction of sp³-hybridized carbons (Fsp3) is 0.571. The van der Waals surface area contributed by atoms with Crippen molar-refractivity contribution in [2.75, 3.05) is 20.2 Å². The van der Waals surface area contributed by atoms with E-state index in [1.165, 1.54) is 13.2 Å². The first-order chi connectivity index (χ1) is 9.02. The van der Waals surface area contributed by atoms with Crippen LogP contribution in [0.3, 0.4) is 0 Å². The Kier molecular flexibility index (Phi) is 4.34. The van der Waals surface area contributed by atoms with E-state index in [0.717, 1.165) is 32.0 Å². The summed E-state index contributed by atoms with van der Waals surface area (Å²) in [7, 11) is 1.42. The first-order valence-electron chi connectivity index (χ1n) is 6.46. The van der Waals surface area contributed by atoms with Crippen LogP contribution in [0.2, 0.25) is 0 Å². The maximum absolute atomic E-state index is 13.1. The van der Waals surface area contributed by atoms with E-state index in [-0.39, 0.29) is 0 Å².